The van der Waals surface area contributed by atoms with E-state index in [-0.39, 0.29) is 0 Å². The smallest absolute Gasteiger partial charge is 0.278 e. The van der Waals surface area contributed by atoms with Crippen LogP contribution in [-0.4, -0.2) is 10.2 Å². The molecule has 2 heterocycles. The first-order valence-electron chi connectivity index (χ1n) is 3.00. The van der Waals surface area contributed by atoms with Crippen LogP contribution in [0.1, 0.15) is 0 Å². The van der Waals surface area contributed by atoms with E-state index < -0.39 is 0 Å². The zero-order valence-electron chi connectivity index (χ0n) is 5.62. The zero-order chi connectivity index (χ0) is 8.55. The summed E-state index contributed by atoms with van der Waals surface area (Å²) in [7, 11) is 0. The molecule has 12 heavy (non-hydrogen) atoms. The van der Waals surface area contributed by atoms with Crippen LogP contribution in [0.2, 0.25) is 0 Å². The van der Waals surface area contributed by atoms with E-state index in [0.717, 1.165) is 5.56 Å². The Morgan fingerprint density at radius 2 is 2.25 bits per heavy atom. The van der Waals surface area contributed by atoms with Crippen molar-refractivity contribution in [3.63, 3.8) is 0 Å². The fraction of sp³-hybridized carbons (Fsp3) is 0. The molecule has 0 N–H and O–H groups in total. The van der Waals surface area contributed by atoms with Crippen LogP contribution in [0.3, 0.4) is 0 Å². The quantitative estimate of drug-likeness (QED) is 0.749. The van der Waals surface area contributed by atoms with Gasteiger partial charge in [-0.3, -0.25) is 0 Å². The molecule has 0 fully saturated rings. The number of furan rings is 1. The monoisotopic (exact) mass is 340 g/mol. The predicted molar refractivity (Wildman–Crippen MR) is 52.4 cm³/mol. The van der Waals surface area contributed by atoms with Gasteiger partial charge in [0.1, 0.15) is 0 Å². The van der Waals surface area contributed by atoms with Gasteiger partial charge in [0.15, 0.2) is 4.67 Å². The van der Waals surface area contributed by atoms with E-state index in [4.69, 9.17) is 8.83 Å². The first kappa shape index (κ1) is 8.24. The van der Waals surface area contributed by atoms with Gasteiger partial charge >= 0.3 is 0 Å². The largest absolute Gasteiger partial charge is 0.457 e. The Balaban J connectivity index is 2.50. The Kier molecular flexibility index (Phi) is 2.18. The van der Waals surface area contributed by atoms with Crippen molar-refractivity contribution >= 4 is 38.5 Å². The average Bonchev–Trinajstić information content (AvgIpc) is 2.58. The molecule has 0 saturated heterocycles. The standard InChI is InChI=1S/C6H2BrIN2O2/c7-4-3(1-2-11-4)5-9-10-6(8)12-5/h1-2H. The van der Waals surface area contributed by atoms with Gasteiger partial charge in [0.25, 0.3) is 9.79 Å². The van der Waals surface area contributed by atoms with Crippen LogP contribution in [-0.2, 0) is 0 Å². The normalized spacial score (nSPS) is 10.5. The molecule has 0 aliphatic carbocycles. The van der Waals surface area contributed by atoms with Gasteiger partial charge in [0, 0.05) is 22.6 Å². The number of hydrogen-bond acceptors (Lipinski definition) is 4. The second kappa shape index (κ2) is 3.17. The van der Waals surface area contributed by atoms with Crippen molar-refractivity contribution in [3.8, 4) is 11.5 Å². The van der Waals surface area contributed by atoms with Gasteiger partial charge in [-0.15, -0.1) is 10.2 Å². The maximum absolute atomic E-state index is 5.18. The minimum Gasteiger partial charge on any atom is -0.457 e. The molecule has 0 aliphatic heterocycles. The maximum atomic E-state index is 5.18. The lowest BCUT2D eigenvalue weighted by atomic mass is 10.3. The number of aromatic nitrogens is 2. The number of hydrogen-bond donors (Lipinski definition) is 0. The summed E-state index contributed by atoms with van der Waals surface area (Å²) in [6.45, 7) is 0. The summed E-state index contributed by atoms with van der Waals surface area (Å²) in [4.78, 5) is 0. The summed E-state index contributed by atoms with van der Waals surface area (Å²) in [6.07, 6.45) is 1.55. The molecule has 0 spiro atoms. The number of rotatable bonds is 1. The Hall–Kier alpha value is -0.370. The van der Waals surface area contributed by atoms with E-state index in [1.54, 1.807) is 12.3 Å². The highest BCUT2D eigenvalue weighted by molar-refractivity contribution is 14.1. The molecule has 0 aliphatic rings. The van der Waals surface area contributed by atoms with E-state index in [0.29, 0.717) is 14.5 Å². The van der Waals surface area contributed by atoms with Crippen LogP contribution in [0, 0.1) is 3.90 Å². The summed E-state index contributed by atoms with van der Waals surface area (Å²) in [5.74, 6) is 0.458. The fourth-order valence-corrected chi connectivity index (χ4v) is 1.49. The van der Waals surface area contributed by atoms with Gasteiger partial charge < -0.3 is 8.83 Å². The average molecular weight is 341 g/mol. The van der Waals surface area contributed by atoms with E-state index in [2.05, 4.69) is 26.1 Å². The van der Waals surface area contributed by atoms with Crippen molar-refractivity contribution < 1.29 is 8.83 Å². The Labute approximate surface area is 89.6 Å². The summed E-state index contributed by atoms with van der Waals surface area (Å²) >= 11 is 5.17. The Morgan fingerprint density at radius 3 is 2.75 bits per heavy atom. The number of halogens is 2. The lowest BCUT2D eigenvalue weighted by Crippen LogP contribution is -1.73. The zero-order valence-corrected chi connectivity index (χ0v) is 9.37. The summed E-state index contributed by atoms with van der Waals surface area (Å²) in [5.41, 5.74) is 0.769. The minimum atomic E-state index is 0.458. The second-order valence-electron chi connectivity index (χ2n) is 1.97. The molecule has 0 atom stereocenters. The van der Waals surface area contributed by atoms with Crippen LogP contribution < -0.4 is 0 Å². The summed E-state index contributed by atoms with van der Waals surface area (Å²) in [6, 6.07) is 1.76. The molecule has 2 aromatic heterocycles. The molecular weight excluding hydrogens is 339 g/mol. The van der Waals surface area contributed by atoms with Gasteiger partial charge in [0.05, 0.1) is 11.8 Å². The molecular formula is C6H2BrIN2O2. The van der Waals surface area contributed by atoms with Crippen LogP contribution in [0.15, 0.2) is 25.8 Å². The highest BCUT2D eigenvalue weighted by Gasteiger charge is 2.12. The minimum absolute atomic E-state index is 0.458. The van der Waals surface area contributed by atoms with Crippen molar-refractivity contribution in [2.24, 2.45) is 0 Å². The molecule has 62 valence electrons. The van der Waals surface area contributed by atoms with Crippen LogP contribution in [0.5, 0.6) is 0 Å². The topological polar surface area (TPSA) is 52.1 Å². The first-order chi connectivity index (χ1) is 5.77. The molecule has 4 nitrogen and oxygen atoms in total. The Bertz CT molecular complexity index is 398. The van der Waals surface area contributed by atoms with Gasteiger partial charge in [-0.25, -0.2) is 0 Å². The lowest BCUT2D eigenvalue weighted by Gasteiger charge is -1.85. The van der Waals surface area contributed by atoms with Crippen molar-refractivity contribution in [2.75, 3.05) is 0 Å². The molecule has 0 unspecified atom stereocenters. The SMILES string of the molecule is Brc1occc1-c1nnc(I)o1. The third kappa shape index (κ3) is 1.40. The van der Waals surface area contributed by atoms with E-state index >= 15 is 0 Å². The van der Waals surface area contributed by atoms with Gasteiger partial charge in [-0.1, -0.05) is 0 Å². The molecule has 0 aromatic carbocycles. The summed E-state index contributed by atoms with van der Waals surface area (Å²) < 4.78 is 11.3. The molecule has 2 rings (SSSR count). The lowest BCUT2D eigenvalue weighted by molar-refractivity contribution is 0.524. The molecule has 0 radical (unpaired) electrons. The third-order valence-corrected chi connectivity index (χ3v) is 2.30. The summed E-state index contributed by atoms with van der Waals surface area (Å²) in [5, 5.41) is 7.53. The van der Waals surface area contributed by atoms with E-state index in [1.807, 2.05) is 22.6 Å². The predicted octanol–water partition coefficient (Wildman–Crippen LogP) is 2.70. The number of nitrogens with zero attached hydrogens (tertiary/aromatic N) is 2. The molecule has 6 heteroatoms. The van der Waals surface area contributed by atoms with Crippen molar-refractivity contribution in [3.05, 3.63) is 20.9 Å². The Morgan fingerprint density at radius 1 is 1.42 bits per heavy atom. The second-order valence-corrected chi connectivity index (χ2v) is 3.61. The van der Waals surface area contributed by atoms with Gasteiger partial charge in [-0.05, 0) is 22.0 Å². The molecule has 0 saturated carbocycles. The van der Waals surface area contributed by atoms with Crippen molar-refractivity contribution in [1.29, 1.82) is 0 Å². The van der Waals surface area contributed by atoms with Crippen LogP contribution in [0.4, 0.5) is 0 Å². The van der Waals surface area contributed by atoms with E-state index in [1.165, 1.54) is 0 Å². The van der Waals surface area contributed by atoms with Crippen molar-refractivity contribution in [1.82, 2.24) is 10.2 Å². The third-order valence-electron chi connectivity index (χ3n) is 1.25. The highest BCUT2D eigenvalue weighted by Crippen LogP contribution is 2.27. The fourth-order valence-electron chi connectivity index (χ4n) is 0.760. The molecule has 0 bridgehead atoms. The maximum Gasteiger partial charge on any atom is 0.278 e. The molecule has 2 aromatic rings. The first-order valence-corrected chi connectivity index (χ1v) is 4.87. The molecule has 0 amide bonds. The van der Waals surface area contributed by atoms with Crippen LogP contribution >= 0.6 is 38.5 Å². The van der Waals surface area contributed by atoms with E-state index in [9.17, 15) is 0 Å². The van der Waals surface area contributed by atoms with Crippen LogP contribution in [0.25, 0.3) is 11.5 Å². The van der Waals surface area contributed by atoms with Gasteiger partial charge in [-0.2, -0.15) is 0 Å². The van der Waals surface area contributed by atoms with Gasteiger partial charge in [0.2, 0.25) is 0 Å². The van der Waals surface area contributed by atoms with Crippen molar-refractivity contribution in [2.45, 2.75) is 0 Å². The highest BCUT2D eigenvalue weighted by atomic mass is 127.